The van der Waals surface area contributed by atoms with Crippen LogP contribution in [0.3, 0.4) is 0 Å². The van der Waals surface area contributed by atoms with Crippen molar-refractivity contribution < 1.29 is 4.79 Å². The smallest absolute Gasteiger partial charge is 0.315 e. The number of carbonyl (C=O) groups is 1. The van der Waals surface area contributed by atoms with Crippen LogP contribution in [0.25, 0.3) is 0 Å². The van der Waals surface area contributed by atoms with Crippen LogP contribution in [0.4, 0.5) is 4.79 Å². The summed E-state index contributed by atoms with van der Waals surface area (Å²) in [6.45, 7) is 9.48. The van der Waals surface area contributed by atoms with Crippen molar-refractivity contribution in [1.29, 1.82) is 0 Å². The highest BCUT2D eigenvalue weighted by atomic mass is 16.2. The van der Waals surface area contributed by atoms with E-state index in [1.807, 2.05) is 19.9 Å². The largest absolute Gasteiger partial charge is 0.337 e. The Labute approximate surface area is 145 Å². The summed E-state index contributed by atoms with van der Waals surface area (Å²) in [5.41, 5.74) is 1.77. The molecule has 1 aliphatic heterocycles. The predicted molar refractivity (Wildman–Crippen MR) is 95.9 cm³/mol. The Balaban J connectivity index is 1.75. The van der Waals surface area contributed by atoms with E-state index >= 15 is 0 Å². The Kier molecular flexibility index (Phi) is 7.43. The van der Waals surface area contributed by atoms with Gasteiger partial charge in [0.25, 0.3) is 0 Å². The summed E-state index contributed by atoms with van der Waals surface area (Å²) >= 11 is 0. The second-order valence-corrected chi connectivity index (χ2v) is 6.65. The molecular weight excluding hydrogens is 302 g/mol. The van der Waals surface area contributed by atoms with E-state index in [4.69, 9.17) is 0 Å². The summed E-state index contributed by atoms with van der Waals surface area (Å²) in [6, 6.07) is 2.26. The fraction of sp³-hybridized carbons (Fsp3) is 0.722. The number of hydrogen-bond donors (Lipinski definition) is 2. The number of amides is 2. The second kappa shape index (κ2) is 9.57. The highest BCUT2D eigenvalue weighted by Crippen LogP contribution is 2.17. The number of hydrogen-bond acceptors (Lipinski definition) is 4. The monoisotopic (exact) mass is 333 g/mol. The zero-order chi connectivity index (χ0) is 17.4. The molecule has 2 heterocycles. The minimum Gasteiger partial charge on any atom is -0.337 e. The molecule has 0 radical (unpaired) electrons. The van der Waals surface area contributed by atoms with Crippen LogP contribution in [0.5, 0.6) is 0 Å². The van der Waals surface area contributed by atoms with Crippen LogP contribution in [0.15, 0.2) is 6.07 Å². The third kappa shape index (κ3) is 6.07. The molecule has 1 fully saturated rings. The quantitative estimate of drug-likeness (QED) is 0.804. The van der Waals surface area contributed by atoms with Crippen LogP contribution < -0.4 is 10.6 Å². The summed E-state index contributed by atoms with van der Waals surface area (Å²) in [5.74, 6) is 0.737. The average molecular weight is 333 g/mol. The molecule has 0 aliphatic carbocycles. The zero-order valence-electron chi connectivity index (χ0n) is 15.3. The van der Waals surface area contributed by atoms with Gasteiger partial charge in [0, 0.05) is 18.3 Å². The first-order chi connectivity index (χ1) is 11.6. The molecule has 0 spiro atoms. The van der Waals surface area contributed by atoms with E-state index in [-0.39, 0.29) is 6.03 Å². The Morgan fingerprint density at radius 3 is 2.88 bits per heavy atom. The number of nitrogens with one attached hydrogen (secondary N) is 2. The number of likely N-dealkylation sites (tertiary alicyclic amines) is 1. The second-order valence-electron chi connectivity index (χ2n) is 6.65. The first kappa shape index (κ1) is 18.6. The maximum absolute atomic E-state index is 12.1. The van der Waals surface area contributed by atoms with Crippen molar-refractivity contribution in [1.82, 2.24) is 25.5 Å². The summed E-state index contributed by atoms with van der Waals surface area (Å²) in [4.78, 5) is 23.2. The Morgan fingerprint density at radius 2 is 2.12 bits per heavy atom. The number of aromatic nitrogens is 2. The van der Waals surface area contributed by atoms with Crippen molar-refractivity contribution in [3.05, 3.63) is 23.3 Å². The molecule has 2 N–H and O–H groups in total. The minimum atomic E-state index is -0.120. The van der Waals surface area contributed by atoms with Gasteiger partial charge in [-0.1, -0.05) is 19.8 Å². The van der Waals surface area contributed by atoms with E-state index in [0.717, 1.165) is 36.8 Å². The molecule has 0 bridgehead atoms. The van der Waals surface area contributed by atoms with Gasteiger partial charge in [0.2, 0.25) is 0 Å². The Morgan fingerprint density at radius 1 is 1.29 bits per heavy atom. The first-order valence-corrected chi connectivity index (χ1v) is 9.15. The maximum Gasteiger partial charge on any atom is 0.315 e. The number of rotatable bonds is 7. The van der Waals surface area contributed by atoms with E-state index in [1.165, 1.54) is 32.1 Å². The van der Waals surface area contributed by atoms with Gasteiger partial charge in [-0.05, 0) is 52.3 Å². The van der Waals surface area contributed by atoms with Gasteiger partial charge < -0.3 is 10.6 Å². The summed E-state index contributed by atoms with van der Waals surface area (Å²) in [7, 11) is 0. The molecule has 2 amide bonds. The molecule has 24 heavy (non-hydrogen) atoms. The molecule has 6 nitrogen and oxygen atoms in total. The van der Waals surface area contributed by atoms with Crippen molar-refractivity contribution in [3.8, 4) is 0 Å². The number of aryl methyl sites for hydroxylation is 2. The highest BCUT2D eigenvalue weighted by Gasteiger charge is 2.22. The van der Waals surface area contributed by atoms with Gasteiger partial charge >= 0.3 is 6.03 Å². The number of piperidine rings is 1. The predicted octanol–water partition coefficient (Wildman–Crippen LogP) is 2.55. The van der Waals surface area contributed by atoms with E-state index in [1.54, 1.807) is 0 Å². The first-order valence-electron chi connectivity index (χ1n) is 9.15. The molecule has 2 rings (SSSR count). The van der Waals surface area contributed by atoms with Gasteiger partial charge in [0.1, 0.15) is 5.82 Å². The molecule has 1 aromatic heterocycles. The lowest BCUT2D eigenvalue weighted by Crippen LogP contribution is -2.48. The summed E-state index contributed by atoms with van der Waals surface area (Å²) in [5, 5.41) is 5.92. The average Bonchev–Trinajstić information content (AvgIpc) is 2.56. The minimum absolute atomic E-state index is 0.120. The third-order valence-corrected chi connectivity index (χ3v) is 4.50. The van der Waals surface area contributed by atoms with Crippen LogP contribution in [-0.4, -0.2) is 46.6 Å². The normalized spacial score (nSPS) is 18.4. The van der Waals surface area contributed by atoms with Crippen LogP contribution in [0.1, 0.15) is 56.2 Å². The van der Waals surface area contributed by atoms with Crippen molar-refractivity contribution in [3.63, 3.8) is 0 Å². The van der Waals surface area contributed by atoms with Crippen LogP contribution >= 0.6 is 0 Å². The fourth-order valence-electron chi connectivity index (χ4n) is 3.27. The number of nitrogens with zero attached hydrogens (tertiary/aromatic N) is 3. The molecule has 1 aliphatic rings. The van der Waals surface area contributed by atoms with E-state index in [0.29, 0.717) is 12.6 Å². The van der Waals surface area contributed by atoms with Gasteiger partial charge in [0.15, 0.2) is 0 Å². The van der Waals surface area contributed by atoms with Gasteiger partial charge in [-0.15, -0.1) is 0 Å². The highest BCUT2D eigenvalue weighted by molar-refractivity contribution is 5.73. The number of carbonyl (C=O) groups excluding carboxylic acids is 1. The van der Waals surface area contributed by atoms with Crippen molar-refractivity contribution in [2.75, 3.05) is 19.6 Å². The lowest BCUT2D eigenvalue weighted by atomic mass is 10.0. The molecule has 1 aromatic rings. The molecule has 1 unspecified atom stereocenters. The van der Waals surface area contributed by atoms with Gasteiger partial charge in [-0.2, -0.15) is 0 Å². The van der Waals surface area contributed by atoms with Gasteiger partial charge in [-0.3, -0.25) is 4.90 Å². The van der Waals surface area contributed by atoms with Crippen molar-refractivity contribution in [2.45, 2.75) is 65.5 Å². The van der Waals surface area contributed by atoms with Gasteiger partial charge in [0.05, 0.1) is 12.2 Å². The van der Waals surface area contributed by atoms with E-state index in [2.05, 4.69) is 32.4 Å². The molecule has 134 valence electrons. The Hall–Kier alpha value is -1.69. The molecule has 0 aromatic carbocycles. The lowest BCUT2D eigenvalue weighted by Gasteiger charge is -2.35. The summed E-state index contributed by atoms with van der Waals surface area (Å²) < 4.78 is 0. The van der Waals surface area contributed by atoms with Crippen LogP contribution in [0.2, 0.25) is 0 Å². The molecule has 1 atom stereocenters. The van der Waals surface area contributed by atoms with Gasteiger partial charge in [-0.25, -0.2) is 14.8 Å². The third-order valence-electron chi connectivity index (χ3n) is 4.50. The lowest BCUT2D eigenvalue weighted by molar-refractivity contribution is 0.144. The Bertz CT molecular complexity index is 514. The molecule has 6 heteroatoms. The zero-order valence-corrected chi connectivity index (χ0v) is 15.3. The van der Waals surface area contributed by atoms with E-state index in [9.17, 15) is 4.79 Å². The number of unbranched alkanes of at least 4 members (excludes halogenated alkanes) is 1. The maximum atomic E-state index is 12.1. The SMILES string of the molecule is CCCCN1CCCCC1CNC(=O)NCc1cc(C)nc(C)n1. The molecule has 1 saturated heterocycles. The van der Waals surface area contributed by atoms with Crippen molar-refractivity contribution >= 4 is 6.03 Å². The standard InChI is InChI=1S/C18H31N5O/c1-4-5-9-23-10-7-6-8-17(23)13-20-18(24)19-12-16-11-14(2)21-15(3)22-16/h11,17H,4-10,12-13H2,1-3H3,(H2,19,20,24). The van der Waals surface area contributed by atoms with E-state index < -0.39 is 0 Å². The van der Waals surface area contributed by atoms with Crippen LogP contribution in [-0.2, 0) is 6.54 Å². The topological polar surface area (TPSA) is 70.2 Å². The number of urea groups is 1. The molecular formula is C18H31N5O. The summed E-state index contributed by atoms with van der Waals surface area (Å²) in [6.07, 6.45) is 6.16. The van der Waals surface area contributed by atoms with Crippen LogP contribution in [0, 0.1) is 13.8 Å². The fourth-order valence-corrected chi connectivity index (χ4v) is 3.27. The van der Waals surface area contributed by atoms with Crippen molar-refractivity contribution in [2.24, 2.45) is 0 Å². The molecule has 0 saturated carbocycles.